The highest BCUT2D eigenvalue weighted by Crippen LogP contribution is 2.37. The van der Waals surface area contributed by atoms with Crippen molar-refractivity contribution < 1.29 is 26.7 Å². The average molecular weight is 317 g/mol. The monoisotopic (exact) mass is 317 g/mol. The van der Waals surface area contributed by atoms with Gasteiger partial charge in [-0.15, -0.1) is 0 Å². The Morgan fingerprint density at radius 2 is 1.52 bits per heavy atom. The molecule has 0 unspecified atom stereocenters. The van der Waals surface area contributed by atoms with E-state index in [0.29, 0.717) is 24.5 Å². The zero-order valence-corrected chi connectivity index (χ0v) is 11.6. The van der Waals surface area contributed by atoms with E-state index in [4.69, 9.17) is 5.73 Å². The molecule has 0 saturated carbocycles. The van der Waals surface area contributed by atoms with Crippen LogP contribution in [0.5, 0.6) is 0 Å². The van der Waals surface area contributed by atoms with E-state index in [1.54, 1.807) is 0 Å². The lowest BCUT2D eigenvalue weighted by Gasteiger charge is -2.36. The van der Waals surface area contributed by atoms with Crippen molar-refractivity contribution in [2.75, 3.05) is 39.3 Å². The van der Waals surface area contributed by atoms with Crippen LogP contribution in [0.1, 0.15) is 19.3 Å². The number of nitrogens with zero attached hydrogens (tertiary/aromatic N) is 2. The predicted octanol–water partition coefficient (Wildman–Crippen LogP) is 1.46. The summed E-state index contributed by atoms with van der Waals surface area (Å²) in [6, 6.07) is 0. The Morgan fingerprint density at radius 1 is 0.952 bits per heavy atom. The molecule has 1 rings (SSSR count). The van der Waals surface area contributed by atoms with Gasteiger partial charge in [0.25, 0.3) is 0 Å². The number of nitrogens with two attached hydrogens (primary N) is 1. The molecule has 9 heteroatoms. The average Bonchev–Trinajstić information content (AvgIpc) is 2.42. The molecule has 0 aromatic carbocycles. The molecule has 0 aliphatic carbocycles. The number of halogens is 5. The molecule has 0 aromatic heterocycles. The van der Waals surface area contributed by atoms with Crippen molar-refractivity contribution in [2.45, 2.75) is 31.4 Å². The number of carbonyl (C=O) groups excluding carboxylic acids is 1. The molecule has 0 aromatic rings. The summed E-state index contributed by atoms with van der Waals surface area (Å²) in [4.78, 5) is 13.8. The Hall–Kier alpha value is -0.960. The van der Waals surface area contributed by atoms with Gasteiger partial charge in [0.1, 0.15) is 0 Å². The van der Waals surface area contributed by atoms with Gasteiger partial charge < -0.3 is 10.6 Å². The van der Waals surface area contributed by atoms with E-state index in [2.05, 4.69) is 0 Å². The molecule has 4 nitrogen and oxygen atoms in total. The molecule has 1 fully saturated rings. The molecular weight excluding hydrogens is 297 g/mol. The summed E-state index contributed by atoms with van der Waals surface area (Å²) in [5, 5.41) is 0. The van der Waals surface area contributed by atoms with E-state index >= 15 is 0 Å². The first-order chi connectivity index (χ1) is 9.70. The van der Waals surface area contributed by atoms with Gasteiger partial charge in [0, 0.05) is 26.2 Å². The molecule has 1 heterocycles. The van der Waals surface area contributed by atoms with E-state index in [1.165, 1.54) is 0 Å². The van der Waals surface area contributed by atoms with Gasteiger partial charge in [-0.3, -0.25) is 9.69 Å². The summed E-state index contributed by atoms with van der Waals surface area (Å²) < 4.78 is 62.3. The van der Waals surface area contributed by atoms with Gasteiger partial charge in [0.05, 0.1) is 0 Å². The fraction of sp³-hybridized carbons (Fsp3) is 0.917. The van der Waals surface area contributed by atoms with Gasteiger partial charge in [-0.25, -0.2) is 0 Å². The maximum Gasteiger partial charge on any atom is 0.463 e. The summed E-state index contributed by atoms with van der Waals surface area (Å²) in [5.41, 5.74) is 5.35. The van der Waals surface area contributed by atoms with Crippen molar-refractivity contribution in [2.24, 2.45) is 5.73 Å². The number of unbranched alkanes of at least 4 members (excludes halogenated alkanes) is 2. The fourth-order valence-electron chi connectivity index (χ4n) is 2.15. The summed E-state index contributed by atoms with van der Waals surface area (Å²) in [5.74, 6) is -7.46. The molecular formula is C12H20F5N3O. The van der Waals surface area contributed by atoms with Crippen molar-refractivity contribution in [1.82, 2.24) is 9.80 Å². The first-order valence-corrected chi connectivity index (χ1v) is 6.86. The number of hydrogen-bond donors (Lipinski definition) is 1. The van der Waals surface area contributed by atoms with Crippen LogP contribution in [0.4, 0.5) is 22.0 Å². The second-order valence-electron chi connectivity index (χ2n) is 5.06. The second kappa shape index (κ2) is 7.35. The fourth-order valence-corrected chi connectivity index (χ4v) is 2.15. The third kappa shape index (κ3) is 4.77. The Kier molecular flexibility index (Phi) is 6.33. The maximum atomic E-state index is 13.0. The van der Waals surface area contributed by atoms with Crippen molar-refractivity contribution in [1.29, 1.82) is 0 Å². The number of alkyl halides is 5. The van der Waals surface area contributed by atoms with Crippen LogP contribution in [0.15, 0.2) is 0 Å². The first kappa shape index (κ1) is 18.1. The highest BCUT2D eigenvalue weighted by atomic mass is 19.4. The molecule has 1 amide bonds. The van der Waals surface area contributed by atoms with Gasteiger partial charge in [-0.1, -0.05) is 6.42 Å². The van der Waals surface area contributed by atoms with Gasteiger partial charge >= 0.3 is 18.0 Å². The normalized spacial score (nSPS) is 18.1. The van der Waals surface area contributed by atoms with E-state index in [0.717, 1.165) is 25.8 Å². The maximum absolute atomic E-state index is 13.0. The minimum atomic E-state index is -5.84. The zero-order valence-electron chi connectivity index (χ0n) is 11.6. The molecule has 1 aliphatic rings. The van der Waals surface area contributed by atoms with Crippen LogP contribution in [0.25, 0.3) is 0 Å². The summed E-state index contributed by atoms with van der Waals surface area (Å²) in [7, 11) is 0. The quantitative estimate of drug-likeness (QED) is 0.596. The van der Waals surface area contributed by atoms with Crippen LogP contribution in [0, 0.1) is 0 Å². The lowest BCUT2D eigenvalue weighted by molar-refractivity contribution is -0.274. The van der Waals surface area contributed by atoms with E-state index in [-0.39, 0.29) is 13.1 Å². The Morgan fingerprint density at radius 3 is 2.00 bits per heavy atom. The van der Waals surface area contributed by atoms with Crippen molar-refractivity contribution in [3.63, 3.8) is 0 Å². The summed E-state index contributed by atoms with van der Waals surface area (Å²) in [6.45, 7) is 1.74. The third-order valence-corrected chi connectivity index (χ3v) is 3.46. The molecule has 124 valence electrons. The topological polar surface area (TPSA) is 49.6 Å². The highest BCUT2D eigenvalue weighted by molar-refractivity contribution is 5.84. The van der Waals surface area contributed by atoms with Gasteiger partial charge in [0.15, 0.2) is 0 Å². The van der Waals surface area contributed by atoms with Gasteiger partial charge in [-0.2, -0.15) is 22.0 Å². The smallest absolute Gasteiger partial charge is 0.335 e. The van der Waals surface area contributed by atoms with Crippen LogP contribution in [-0.4, -0.2) is 67.1 Å². The Bertz CT molecular complexity index is 340. The minimum Gasteiger partial charge on any atom is -0.335 e. The Labute approximate surface area is 120 Å². The van der Waals surface area contributed by atoms with Crippen LogP contribution in [-0.2, 0) is 4.79 Å². The minimum absolute atomic E-state index is 0.110. The number of hydrogen-bond acceptors (Lipinski definition) is 3. The molecule has 0 spiro atoms. The van der Waals surface area contributed by atoms with Crippen LogP contribution >= 0.6 is 0 Å². The van der Waals surface area contributed by atoms with Crippen molar-refractivity contribution >= 4 is 5.91 Å². The lowest BCUT2D eigenvalue weighted by Crippen LogP contribution is -2.57. The number of amides is 1. The number of carbonyl (C=O) groups is 1. The van der Waals surface area contributed by atoms with E-state index in [1.807, 2.05) is 4.90 Å². The zero-order chi connectivity index (χ0) is 16.1. The standard InChI is InChI=1S/C12H20F5N3O/c13-11(14,12(15,16)17)10(21)20-8-6-19(7-9-20)5-3-1-2-4-18/h1-9,18H2. The lowest BCUT2D eigenvalue weighted by atomic mass is 10.2. The van der Waals surface area contributed by atoms with Gasteiger partial charge in [0.2, 0.25) is 0 Å². The molecule has 1 aliphatic heterocycles. The Balaban J connectivity index is 2.41. The van der Waals surface area contributed by atoms with E-state index < -0.39 is 18.0 Å². The third-order valence-electron chi connectivity index (χ3n) is 3.46. The van der Waals surface area contributed by atoms with Crippen LogP contribution in [0.3, 0.4) is 0 Å². The van der Waals surface area contributed by atoms with Crippen molar-refractivity contribution in [3.05, 3.63) is 0 Å². The molecule has 0 radical (unpaired) electrons. The predicted molar refractivity (Wildman–Crippen MR) is 66.9 cm³/mol. The largest absolute Gasteiger partial charge is 0.463 e. The van der Waals surface area contributed by atoms with Crippen LogP contribution in [0.2, 0.25) is 0 Å². The molecule has 21 heavy (non-hydrogen) atoms. The SMILES string of the molecule is NCCCCCN1CCN(C(=O)C(F)(F)C(F)(F)F)CC1. The van der Waals surface area contributed by atoms with Crippen molar-refractivity contribution in [3.8, 4) is 0 Å². The van der Waals surface area contributed by atoms with Gasteiger partial charge in [-0.05, 0) is 25.9 Å². The van der Waals surface area contributed by atoms with Crippen LogP contribution < -0.4 is 5.73 Å². The summed E-state index contributed by atoms with van der Waals surface area (Å²) in [6.07, 6.45) is -3.11. The van der Waals surface area contributed by atoms with E-state index in [9.17, 15) is 26.7 Å². The highest BCUT2D eigenvalue weighted by Gasteiger charge is 2.64. The first-order valence-electron chi connectivity index (χ1n) is 6.86. The molecule has 2 N–H and O–H groups in total. The number of rotatable bonds is 6. The number of piperazine rings is 1. The summed E-state index contributed by atoms with van der Waals surface area (Å²) >= 11 is 0. The molecule has 0 atom stereocenters. The second-order valence-corrected chi connectivity index (χ2v) is 5.06. The molecule has 0 bridgehead atoms. The molecule has 1 saturated heterocycles.